The maximum Gasteiger partial charge on any atom is 0.254 e. The predicted octanol–water partition coefficient (Wildman–Crippen LogP) is 2.69. The molecule has 0 spiro atoms. The molecule has 1 aromatic heterocycles. The van der Waals surface area contributed by atoms with Crippen LogP contribution in [0.2, 0.25) is 0 Å². The minimum atomic E-state index is 0.139. The van der Waals surface area contributed by atoms with Crippen LogP contribution in [0, 0.1) is 12.8 Å². The summed E-state index contributed by atoms with van der Waals surface area (Å²) in [5.41, 5.74) is 1.62. The minimum Gasteiger partial charge on any atom is -0.373 e. The number of carbonyl (C=O) groups is 1. The molecule has 1 N–H and O–H groups in total. The van der Waals surface area contributed by atoms with Gasteiger partial charge in [-0.2, -0.15) is 0 Å². The molecule has 2 rings (SSSR count). The molecule has 2 heterocycles. The molecule has 19 heavy (non-hydrogen) atoms. The third-order valence-corrected chi connectivity index (χ3v) is 3.84. The smallest absolute Gasteiger partial charge is 0.254 e. The molecule has 1 fully saturated rings. The Balaban J connectivity index is 2.16. The number of piperidine rings is 1. The maximum atomic E-state index is 12.6. The highest BCUT2D eigenvalue weighted by atomic mass is 16.2. The fourth-order valence-electron chi connectivity index (χ4n) is 2.69. The summed E-state index contributed by atoms with van der Waals surface area (Å²) in [6.45, 7) is 5.90. The highest BCUT2D eigenvalue weighted by Gasteiger charge is 2.23. The fraction of sp³-hybridized carbons (Fsp3) is 0.600. The lowest BCUT2D eigenvalue weighted by Gasteiger charge is -2.32. The van der Waals surface area contributed by atoms with E-state index in [4.69, 9.17) is 0 Å². The first-order chi connectivity index (χ1) is 9.13. The van der Waals surface area contributed by atoms with Crippen LogP contribution in [0.4, 0.5) is 5.82 Å². The van der Waals surface area contributed by atoms with Crippen molar-refractivity contribution >= 4 is 11.7 Å². The van der Waals surface area contributed by atoms with Crippen LogP contribution < -0.4 is 5.32 Å². The van der Waals surface area contributed by atoms with Crippen molar-refractivity contribution in [3.63, 3.8) is 0 Å². The molecule has 104 valence electrons. The molecule has 0 aromatic carbocycles. The Hall–Kier alpha value is -1.58. The highest BCUT2D eigenvalue weighted by molar-refractivity contribution is 5.95. The van der Waals surface area contributed by atoms with Crippen LogP contribution in [0.5, 0.6) is 0 Å². The number of hydrogen-bond acceptors (Lipinski definition) is 3. The van der Waals surface area contributed by atoms with Gasteiger partial charge in [-0.15, -0.1) is 0 Å². The Morgan fingerprint density at radius 1 is 1.53 bits per heavy atom. The summed E-state index contributed by atoms with van der Waals surface area (Å²) in [4.78, 5) is 18.9. The monoisotopic (exact) mass is 261 g/mol. The van der Waals surface area contributed by atoms with Crippen LogP contribution >= 0.6 is 0 Å². The fourth-order valence-corrected chi connectivity index (χ4v) is 2.69. The van der Waals surface area contributed by atoms with E-state index in [2.05, 4.69) is 17.2 Å². The molecule has 0 aliphatic carbocycles. The summed E-state index contributed by atoms with van der Waals surface area (Å²) in [5.74, 6) is 1.55. The van der Waals surface area contributed by atoms with Crippen molar-refractivity contribution < 1.29 is 4.79 Å². The van der Waals surface area contributed by atoms with Crippen molar-refractivity contribution in [1.29, 1.82) is 0 Å². The number of carbonyl (C=O) groups excluding carboxylic acids is 1. The van der Waals surface area contributed by atoms with Gasteiger partial charge in [0, 0.05) is 31.4 Å². The molecule has 1 aliphatic rings. The van der Waals surface area contributed by atoms with Crippen LogP contribution in [0.3, 0.4) is 0 Å². The lowest BCUT2D eigenvalue weighted by Crippen LogP contribution is -2.39. The Kier molecular flexibility index (Phi) is 4.40. The van der Waals surface area contributed by atoms with E-state index in [0.29, 0.717) is 5.92 Å². The van der Waals surface area contributed by atoms with Gasteiger partial charge in [-0.25, -0.2) is 4.98 Å². The van der Waals surface area contributed by atoms with Gasteiger partial charge in [-0.05, 0) is 37.8 Å². The molecule has 0 saturated carbocycles. The van der Waals surface area contributed by atoms with E-state index in [1.807, 2.05) is 31.0 Å². The molecule has 1 aromatic rings. The van der Waals surface area contributed by atoms with Gasteiger partial charge in [0.2, 0.25) is 0 Å². The number of anilines is 1. The van der Waals surface area contributed by atoms with E-state index in [0.717, 1.165) is 43.0 Å². The van der Waals surface area contributed by atoms with Gasteiger partial charge in [0.25, 0.3) is 5.91 Å². The number of likely N-dealkylation sites (tertiary alicyclic amines) is 1. The Morgan fingerprint density at radius 3 is 3.00 bits per heavy atom. The highest BCUT2D eigenvalue weighted by Crippen LogP contribution is 2.21. The molecule has 4 nitrogen and oxygen atoms in total. The van der Waals surface area contributed by atoms with Gasteiger partial charge in [0.05, 0.1) is 0 Å². The van der Waals surface area contributed by atoms with E-state index in [-0.39, 0.29) is 5.91 Å². The third kappa shape index (κ3) is 3.25. The Morgan fingerprint density at radius 2 is 2.32 bits per heavy atom. The molecule has 0 bridgehead atoms. The van der Waals surface area contributed by atoms with Crippen molar-refractivity contribution in [2.24, 2.45) is 5.92 Å². The largest absolute Gasteiger partial charge is 0.373 e. The first-order valence-corrected chi connectivity index (χ1v) is 7.09. The topological polar surface area (TPSA) is 45.2 Å². The van der Waals surface area contributed by atoms with Crippen molar-refractivity contribution in [2.75, 3.05) is 25.5 Å². The molecule has 1 unspecified atom stereocenters. The summed E-state index contributed by atoms with van der Waals surface area (Å²) in [7, 11) is 1.82. The summed E-state index contributed by atoms with van der Waals surface area (Å²) < 4.78 is 0. The Bertz CT molecular complexity index is 459. The van der Waals surface area contributed by atoms with Crippen LogP contribution in [0.25, 0.3) is 0 Å². The van der Waals surface area contributed by atoms with Crippen molar-refractivity contribution in [3.05, 3.63) is 23.4 Å². The predicted molar refractivity (Wildman–Crippen MR) is 77.4 cm³/mol. The molecular weight excluding hydrogens is 238 g/mol. The number of amides is 1. The molecule has 1 amide bonds. The van der Waals surface area contributed by atoms with Crippen molar-refractivity contribution in [3.8, 4) is 0 Å². The quantitative estimate of drug-likeness (QED) is 0.910. The number of aromatic nitrogens is 1. The number of rotatable bonds is 3. The maximum absolute atomic E-state index is 12.6. The zero-order valence-corrected chi connectivity index (χ0v) is 12.1. The summed E-state index contributed by atoms with van der Waals surface area (Å²) in [6.07, 6.45) is 3.52. The molecule has 1 saturated heterocycles. The molecule has 1 aliphatic heterocycles. The lowest BCUT2D eigenvalue weighted by atomic mass is 9.95. The van der Waals surface area contributed by atoms with E-state index >= 15 is 0 Å². The van der Waals surface area contributed by atoms with Gasteiger partial charge in [0.1, 0.15) is 5.82 Å². The second kappa shape index (κ2) is 6.04. The van der Waals surface area contributed by atoms with E-state index in [1.165, 1.54) is 6.42 Å². The van der Waals surface area contributed by atoms with Crippen LogP contribution in [0.15, 0.2) is 12.1 Å². The molecule has 1 atom stereocenters. The average molecular weight is 261 g/mol. The van der Waals surface area contributed by atoms with Crippen LogP contribution in [-0.2, 0) is 0 Å². The Labute approximate surface area is 115 Å². The van der Waals surface area contributed by atoms with Gasteiger partial charge in [0.15, 0.2) is 0 Å². The normalized spacial score (nSPS) is 19.3. The first kappa shape index (κ1) is 13.8. The van der Waals surface area contributed by atoms with Crippen molar-refractivity contribution in [2.45, 2.75) is 33.1 Å². The summed E-state index contributed by atoms with van der Waals surface area (Å²) in [6, 6.07) is 3.71. The number of aryl methyl sites for hydroxylation is 1. The first-order valence-electron chi connectivity index (χ1n) is 7.09. The zero-order valence-electron chi connectivity index (χ0n) is 12.1. The number of hydrogen-bond donors (Lipinski definition) is 1. The molecule has 4 heteroatoms. The SMILES string of the molecule is CCC1CCCN(C(=O)c2cc(C)nc(NC)c2)C1. The number of pyridine rings is 1. The van der Waals surface area contributed by atoms with Gasteiger partial charge >= 0.3 is 0 Å². The minimum absolute atomic E-state index is 0.139. The summed E-state index contributed by atoms with van der Waals surface area (Å²) in [5, 5.41) is 3.00. The third-order valence-electron chi connectivity index (χ3n) is 3.84. The standard InChI is InChI=1S/C15H23N3O/c1-4-12-6-5-7-18(10-12)15(19)13-8-11(2)17-14(9-13)16-3/h8-9,12H,4-7,10H2,1-3H3,(H,16,17). The molecule has 0 radical (unpaired) electrons. The average Bonchev–Trinajstić information content (AvgIpc) is 2.45. The van der Waals surface area contributed by atoms with E-state index < -0.39 is 0 Å². The van der Waals surface area contributed by atoms with Gasteiger partial charge < -0.3 is 10.2 Å². The lowest BCUT2D eigenvalue weighted by molar-refractivity contribution is 0.0671. The van der Waals surface area contributed by atoms with Crippen LogP contribution in [0.1, 0.15) is 42.2 Å². The van der Waals surface area contributed by atoms with E-state index in [1.54, 1.807) is 0 Å². The van der Waals surface area contributed by atoms with Gasteiger partial charge in [-0.1, -0.05) is 13.3 Å². The van der Waals surface area contributed by atoms with Crippen molar-refractivity contribution in [1.82, 2.24) is 9.88 Å². The second-order valence-corrected chi connectivity index (χ2v) is 5.30. The number of nitrogens with one attached hydrogen (secondary N) is 1. The molecular formula is C15H23N3O. The van der Waals surface area contributed by atoms with E-state index in [9.17, 15) is 4.79 Å². The zero-order chi connectivity index (χ0) is 13.8. The van der Waals surface area contributed by atoms with Gasteiger partial charge in [-0.3, -0.25) is 4.79 Å². The summed E-state index contributed by atoms with van der Waals surface area (Å²) >= 11 is 0. The second-order valence-electron chi connectivity index (χ2n) is 5.30. The van der Waals surface area contributed by atoms with Crippen LogP contribution in [-0.4, -0.2) is 35.9 Å². The number of nitrogens with zero attached hydrogens (tertiary/aromatic N) is 2.